The van der Waals surface area contributed by atoms with Crippen LogP contribution in [0.25, 0.3) is 0 Å². The fourth-order valence-corrected chi connectivity index (χ4v) is 1.81. The van der Waals surface area contributed by atoms with Crippen LogP contribution in [0, 0.1) is 5.41 Å². The Morgan fingerprint density at radius 3 is 2.33 bits per heavy atom. The maximum atomic E-state index is 10.8. The van der Waals surface area contributed by atoms with Gasteiger partial charge in [-0.15, -0.1) is 6.58 Å². The number of ether oxygens (including phenoxy) is 1. The summed E-state index contributed by atoms with van der Waals surface area (Å²) in [7, 11) is 0. The summed E-state index contributed by atoms with van der Waals surface area (Å²) in [6.45, 7) is 10.4. The van der Waals surface area contributed by atoms with E-state index >= 15 is 0 Å². The van der Waals surface area contributed by atoms with Crippen molar-refractivity contribution in [2.45, 2.75) is 26.9 Å². The molecule has 0 saturated heterocycles. The van der Waals surface area contributed by atoms with Gasteiger partial charge in [-0.05, 0) is 23.1 Å². The molecule has 0 aliphatic rings. The van der Waals surface area contributed by atoms with Crippen molar-refractivity contribution in [3.63, 3.8) is 0 Å². The quantitative estimate of drug-likeness (QED) is 0.809. The van der Waals surface area contributed by atoms with Crippen LogP contribution in [-0.2, 0) is 4.74 Å². The van der Waals surface area contributed by atoms with Crippen LogP contribution in [0.5, 0.6) is 0 Å². The van der Waals surface area contributed by atoms with E-state index in [9.17, 15) is 4.79 Å². The first kappa shape index (κ1) is 14.5. The van der Waals surface area contributed by atoms with Crippen molar-refractivity contribution in [1.82, 2.24) is 0 Å². The first-order valence-corrected chi connectivity index (χ1v) is 5.92. The molecule has 1 aromatic carbocycles. The fourth-order valence-electron chi connectivity index (χ4n) is 1.81. The highest BCUT2D eigenvalue weighted by Gasteiger charge is 2.26. The molecule has 1 rings (SSSR count). The molecule has 3 heteroatoms. The predicted molar refractivity (Wildman–Crippen MR) is 71.7 cm³/mol. The monoisotopic (exact) mass is 248 g/mol. The first-order valence-electron chi connectivity index (χ1n) is 5.92. The van der Waals surface area contributed by atoms with Gasteiger partial charge in [-0.25, -0.2) is 4.79 Å². The number of hydrogen-bond acceptors (Lipinski definition) is 2. The van der Waals surface area contributed by atoms with Crippen LogP contribution in [-0.4, -0.2) is 17.7 Å². The number of carbonyl (C=O) groups is 1. The van der Waals surface area contributed by atoms with Crippen molar-refractivity contribution >= 4 is 5.97 Å². The second-order valence-electron chi connectivity index (χ2n) is 5.30. The van der Waals surface area contributed by atoms with Crippen LogP contribution in [0.3, 0.4) is 0 Å². The van der Waals surface area contributed by atoms with Gasteiger partial charge in [-0.1, -0.05) is 39.0 Å². The lowest BCUT2D eigenvalue weighted by Crippen LogP contribution is -2.21. The maximum absolute atomic E-state index is 10.8. The van der Waals surface area contributed by atoms with Crippen molar-refractivity contribution in [2.75, 3.05) is 6.61 Å². The molecule has 18 heavy (non-hydrogen) atoms. The fraction of sp³-hybridized carbons (Fsp3) is 0.400. The van der Waals surface area contributed by atoms with Gasteiger partial charge in [-0.2, -0.15) is 0 Å². The molecule has 0 aromatic heterocycles. The molecule has 0 spiro atoms. The molecule has 98 valence electrons. The van der Waals surface area contributed by atoms with E-state index in [1.165, 1.54) is 0 Å². The summed E-state index contributed by atoms with van der Waals surface area (Å²) in [5.74, 6) is -0.916. The average Bonchev–Trinajstić information content (AvgIpc) is 2.28. The minimum absolute atomic E-state index is 0.0618. The highest BCUT2D eigenvalue weighted by molar-refractivity contribution is 5.87. The summed E-state index contributed by atoms with van der Waals surface area (Å²) >= 11 is 0. The van der Waals surface area contributed by atoms with Gasteiger partial charge >= 0.3 is 5.97 Å². The van der Waals surface area contributed by atoms with Gasteiger partial charge in [0.1, 0.15) is 0 Å². The Kier molecular flexibility index (Phi) is 4.68. The minimum Gasteiger partial charge on any atom is -0.478 e. The number of hydrogen-bond donors (Lipinski definition) is 1. The molecule has 0 aliphatic carbocycles. The Morgan fingerprint density at radius 1 is 1.39 bits per heavy atom. The number of carboxylic acid groups (broad SMARTS) is 1. The second kappa shape index (κ2) is 5.83. The molecule has 0 unspecified atom stereocenters. The van der Waals surface area contributed by atoms with Crippen LogP contribution < -0.4 is 0 Å². The van der Waals surface area contributed by atoms with E-state index in [0.717, 1.165) is 5.56 Å². The summed E-state index contributed by atoms with van der Waals surface area (Å²) in [4.78, 5) is 10.8. The number of carboxylic acids is 1. The van der Waals surface area contributed by atoms with Crippen LogP contribution in [0.4, 0.5) is 0 Å². The van der Waals surface area contributed by atoms with E-state index in [0.29, 0.717) is 6.61 Å². The summed E-state index contributed by atoms with van der Waals surface area (Å²) < 4.78 is 5.78. The van der Waals surface area contributed by atoms with E-state index in [1.807, 2.05) is 12.1 Å². The molecule has 0 bridgehead atoms. The normalized spacial score (nSPS) is 13.1. The Bertz CT molecular complexity index is 412. The molecule has 3 nitrogen and oxygen atoms in total. The third-order valence-electron chi connectivity index (χ3n) is 2.63. The minimum atomic E-state index is -0.916. The number of aromatic carboxylic acids is 1. The van der Waals surface area contributed by atoms with Crippen LogP contribution >= 0.6 is 0 Å². The zero-order chi connectivity index (χ0) is 13.8. The van der Waals surface area contributed by atoms with Gasteiger partial charge in [0.15, 0.2) is 0 Å². The molecule has 0 heterocycles. The molecule has 0 fully saturated rings. The van der Waals surface area contributed by atoms with E-state index in [4.69, 9.17) is 9.84 Å². The smallest absolute Gasteiger partial charge is 0.335 e. The van der Waals surface area contributed by atoms with Gasteiger partial charge in [0, 0.05) is 0 Å². The van der Waals surface area contributed by atoms with Crippen molar-refractivity contribution in [2.24, 2.45) is 5.41 Å². The summed E-state index contributed by atoms with van der Waals surface area (Å²) in [5.41, 5.74) is 1.21. The molecule has 0 amide bonds. The zero-order valence-electron chi connectivity index (χ0n) is 11.1. The molecule has 0 aliphatic heterocycles. The predicted octanol–water partition coefficient (Wildman–Crippen LogP) is 3.67. The maximum Gasteiger partial charge on any atom is 0.335 e. The molecule has 1 N–H and O–H groups in total. The molecular weight excluding hydrogens is 228 g/mol. The standard InChI is InChI=1S/C15H20O3/c1-5-10-18-13(15(2,3)4)11-6-8-12(9-7-11)14(16)17/h5-9,13H,1,10H2,2-4H3,(H,16,17)/t13-/m1/s1. The molecule has 1 aromatic rings. The van der Waals surface area contributed by atoms with Gasteiger partial charge in [0.2, 0.25) is 0 Å². The average molecular weight is 248 g/mol. The topological polar surface area (TPSA) is 46.5 Å². The van der Waals surface area contributed by atoms with Gasteiger partial charge in [0.05, 0.1) is 18.3 Å². The van der Waals surface area contributed by atoms with E-state index in [1.54, 1.807) is 18.2 Å². The van der Waals surface area contributed by atoms with Gasteiger partial charge < -0.3 is 9.84 Å². The summed E-state index contributed by atoms with van der Waals surface area (Å²) in [6, 6.07) is 6.83. The highest BCUT2D eigenvalue weighted by atomic mass is 16.5. The summed E-state index contributed by atoms with van der Waals surface area (Å²) in [6.07, 6.45) is 1.63. The molecule has 1 atom stereocenters. The van der Waals surface area contributed by atoms with Crippen molar-refractivity contribution in [3.8, 4) is 0 Å². The van der Waals surface area contributed by atoms with Crippen molar-refractivity contribution < 1.29 is 14.6 Å². The lowest BCUT2D eigenvalue weighted by Gasteiger charge is -2.30. The SMILES string of the molecule is C=CCO[C@H](c1ccc(C(=O)O)cc1)C(C)(C)C. The highest BCUT2D eigenvalue weighted by Crippen LogP contribution is 2.36. The van der Waals surface area contributed by atoms with Gasteiger partial charge in [-0.3, -0.25) is 0 Å². The Balaban J connectivity index is 2.98. The van der Waals surface area contributed by atoms with Crippen LogP contribution in [0.15, 0.2) is 36.9 Å². The lowest BCUT2D eigenvalue weighted by molar-refractivity contribution is -0.00509. The Hall–Kier alpha value is -1.61. The third kappa shape index (κ3) is 3.70. The van der Waals surface area contributed by atoms with Crippen LogP contribution in [0.2, 0.25) is 0 Å². The second-order valence-corrected chi connectivity index (χ2v) is 5.30. The third-order valence-corrected chi connectivity index (χ3v) is 2.63. The van der Waals surface area contributed by atoms with E-state index < -0.39 is 5.97 Å². The Labute approximate surface area is 108 Å². The van der Waals surface area contributed by atoms with Crippen molar-refractivity contribution in [1.29, 1.82) is 0 Å². The Morgan fingerprint density at radius 2 is 1.94 bits per heavy atom. The van der Waals surface area contributed by atoms with Crippen molar-refractivity contribution in [3.05, 3.63) is 48.0 Å². The molecular formula is C15H20O3. The largest absolute Gasteiger partial charge is 0.478 e. The first-order chi connectivity index (χ1) is 8.36. The number of benzene rings is 1. The lowest BCUT2D eigenvalue weighted by atomic mass is 9.84. The molecule has 0 saturated carbocycles. The number of rotatable bonds is 5. The van der Waals surface area contributed by atoms with E-state index in [2.05, 4.69) is 27.4 Å². The van der Waals surface area contributed by atoms with Gasteiger partial charge in [0.25, 0.3) is 0 Å². The van der Waals surface area contributed by atoms with Crippen LogP contribution in [0.1, 0.15) is 42.8 Å². The zero-order valence-corrected chi connectivity index (χ0v) is 11.1. The van der Waals surface area contributed by atoms with E-state index in [-0.39, 0.29) is 17.1 Å². The summed E-state index contributed by atoms with van der Waals surface area (Å²) in [5, 5.41) is 8.87. The molecule has 0 radical (unpaired) electrons.